The maximum Gasteiger partial charge on any atom is 0.317 e. The van der Waals surface area contributed by atoms with E-state index in [2.05, 4.69) is 27.7 Å². The molecule has 0 bridgehead atoms. The Morgan fingerprint density at radius 3 is 1.26 bits per heavy atom. The Balaban J connectivity index is 4.12. The van der Waals surface area contributed by atoms with Gasteiger partial charge in [0.25, 0.3) is 0 Å². The van der Waals surface area contributed by atoms with Crippen molar-refractivity contribution in [2.24, 2.45) is 11.8 Å². The largest absolute Gasteiger partial charge is 0.462 e. The summed E-state index contributed by atoms with van der Waals surface area (Å²) in [6.07, 6.45) is 5.41. The highest BCUT2D eigenvalue weighted by Crippen LogP contribution is 2.18. The lowest BCUT2D eigenvalue weighted by Crippen LogP contribution is -2.24. The minimum Gasteiger partial charge on any atom is -0.462 e. The van der Waals surface area contributed by atoms with E-state index < -0.39 is 11.9 Å². The summed E-state index contributed by atoms with van der Waals surface area (Å²) in [4.78, 5) is 23.6. The molecule has 0 rings (SSSR count). The molecule has 0 fully saturated rings. The minimum absolute atomic E-state index is 0.151. The molecule has 0 aliphatic heterocycles. The van der Waals surface area contributed by atoms with Gasteiger partial charge in [0.15, 0.2) is 0 Å². The van der Waals surface area contributed by atoms with Gasteiger partial charge in [0.05, 0.1) is 12.2 Å². The number of ether oxygens (including phenoxy) is 2. The normalized spacial score (nSPS) is 13.9. The molecule has 23 heavy (non-hydrogen) atoms. The molecular formula is C19H36O4. The van der Waals surface area contributed by atoms with Crippen LogP contribution in [-0.4, -0.2) is 24.1 Å². The second kappa shape index (κ2) is 12.4. The SMILES string of the molecule is CCC(CC)CC(C)OC(=O)CC(=O)OC(C)CC(CC)CC. The zero-order valence-corrected chi connectivity index (χ0v) is 15.9. The molecule has 0 saturated heterocycles. The van der Waals surface area contributed by atoms with Gasteiger partial charge in [-0.15, -0.1) is 0 Å². The van der Waals surface area contributed by atoms with E-state index in [1.165, 1.54) is 0 Å². The number of carbonyl (C=O) groups is 2. The molecular weight excluding hydrogens is 292 g/mol. The molecule has 4 nitrogen and oxygen atoms in total. The standard InChI is InChI=1S/C19H36O4/c1-7-16(8-2)11-14(5)22-18(20)13-19(21)23-15(6)12-17(9-3)10-4/h14-17H,7-13H2,1-6H3. The zero-order chi connectivity index (χ0) is 17.8. The van der Waals surface area contributed by atoms with Gasteiger partial charge in [0.1, 0.15) is 6.42 Å². The van der Waals surface area contributed by atoms with Crippen LogP contribution in [0.5, 0.6) is 0 Å². The maximum atomic E-state index is 11.8. The highest BCUT2D eigenvalue weighted by atomic mass is 16.6. The van der Waals surface area contributed by atoms with Crippen LogP contribution in [0.3, 0.4) is 0 Å². The van der Waals surface area contributed by atoms with Gasteiger partial charge in [0.2, 0.25) is 0 Å². The quantitative estimate of drug-likeness (QED) is 0.378. The summed E-state index contributed by atoms with van der Waals surface area (Å²) in [5.41, 5.74) is 0. The van der Waals surface area contributed by atoms with Crippen LogP contribution < -0.4 is 0 Å². The lowest BCUT2D eigenvalue weighted by atomic mass is 9.97. The predicted molar refractivity (Wildman–Crippen MR) is 93.1 cm³/mol. The molecule has 0 radical (unpaired) electrons. The van der Waals surface area contributed by atoms with E-state index in [-0.39, 0.29) is 18.6 Å². The Labute approximate surface area is 142 Å². The van der Waals surface area contributed by atoms with Crippen LogP contribution in [-0.2, 0) is 19.1 Å². The van der Waals surface area contributed by atoms with Crippen LogP contribution in [0.25, 0.3) is 0 Å². The Kier molecular flexibility index (Phi) is 11.8. The van der Waals surface area contributed by atoms with Crippen molar-refractivity contribution in [1.82, 2.24) is 0 Å². The number of esters is 2. The van der Waals surface area contributed by atoms with E-state index >= 15 is 0 Å². The van der Waals surface area contributed by atoms with Crippen LogP contribution in [0.1, 0.15) is 86.5 Å². The Morgan fingerprint density at radius 2 is 1.00 bits per heavy atom. The van der Waals surface area contributed by atoms with Gasteiger partial charge in [-0.1, -0.05) is 53.4 Å². The van der Waals surface area contributed by atoms with E-state index in [0.717, 1.165) is 38.5 Å². The van der Waals surface area contributed by atoms with E-state index in [1.807, 2.05) is 13.8 Å². The van der Waals surface area contributed by atoms with E-state index in [1.54, 1.807) is 0 Å². The summed E-state index contributed by atoms with van der Waals surface area (Å²) in [6, 6.07) is 0. The first-order chi connectivity index (χ1) is 10.9. The second-order valence-corrected chi connectivity index (χ2v) is 6.61. The number of carbonyl (C=O) groups excluding carboxylic acids is 2. The molecule has 0 saturated carbocycles. The monoisotopic (exact) mass is 328 g/mol. The average molecular weight is 328 g/mol. The maximum absolute atomic E-state index is 11.8. The molecule has 0 aromatic rings. The molecule has 0 heterocycles. The fourth-order valence-corrected chi connectivity index (χ4v) is 2.93. The molecule has 0 aliphatic rings. The number of rotatable bonds is 12. The third-order valence-electron chi connectivity index (χ3n) is 4.59. The topological polar surface area (TPSA) is 52.6 Å². The summed E-state index contributed by atoms with van der Waals surface area (Å²) < 4.78 is 10.6. The van der Waals surface area contributed by atoms with Gasteiger partial charge in [0, 0.05) is 0 Å². The van der Waals surface area contributed by atoms with Gasteiger partial charge in [-0.25, -0.2) is 0 Å². The summed E-state index contributed by atoms with van der Waals surface area (Å²) in [5.74, 6) is 0.154. The van der Waals surface area contributed by atoms with E-state index in [4.69, 9.17) is 9.47 Å². The molecule has 0 aromatic carbocycles. The highest BCUT2D eigenvalue weighted by Gasteiger charge is 2.20. The van der Waals surface area contributed by atoms with Crippen LogP contribution in [0, 0.1) is 11.8 Å². The van der Waals surface area contributed by atoms with Crippen LogP contribution in [0.2, 0.25) is 0 Å². The summed E-state index contributed by atoms with van der Waals surface area (Å²) >= 11 is 0. The fourth-order valence-electron chi connectivity index (χ4n) is 2.93. The Hall–Kier alpha value is -1.06. The number of hydrogen-bond donors (Lipinski definition) is 0. The van der Waals surface area contributed by atoms with Gasteiger partial charge < -0.3 is 9.47 Å². The smallest absolute Gasteiger partial charge is 0.317 e. The second-order valence-electron chi connectivity index (χ2n) is 6.61. The van der Waals surface area contributed by atoms with E-state index in [0.29, 0.717) is 11.8 Å². The van der Waals surface area contributed by atoms with Gasteiger partial charge in [-0.3, -0.25) is 9.59 Å². The van der Waals surface area contributed by atoms with Crippen molar-refractivity contribution in [1.29, 1.82) is 0 Å². The zero-order valence-electron chi connectivity index (χ0n) is 15.9. The molecule has 136 valence electrons. The van der Waals surface area contributed by atoms with Gasteiger partial charge in [-0.2, -0.15) is 0 Å². The molecule has 0 aromatic heterocycles. The fraction of sp³-hybridized carbons (Fsp3) is 0.895. The van der Waals surface area contributed by atoms with Crippen molar-refractivity contribution in [3.8, 4) is 0 Å². The first-order valence-electron chi connectivity index (χ1n) is 9.24. The van der Waals surface area contributed by atoms with Crippen molar-refractivity contribution >= 4 is 11.9 Å². The molecule has 0 aliphatic carbocycles. The van der Waals surface area contributed by atoms with E-state index in [9.17, 15) is 9.59 Å². The first-order valence-corrected chi connectivity index (χ1v) is 9.24. The number of hydrogen-bond acceptors (Lipinski definition) is 4. The molecule has 0 N–H and O–H groups in total. The van der Waals surface area contributed by atoms with Crippen LogP contribution in [0.15, 0.2) is 0 Å². The van der Waals surface area contributed by atoms with Crippen molar-refractivity contribution in [3.63, 3.8) is 0 Å². The molecule has 4 heteroatoms. The lowest BCUT2D eigenvalue weighted by molar-refractivity contribution is -0.160. The van der Waals surface area contributed by atoms with Crippen molar-refractivity contribution in [3.05, 3.63) is 0 Å². The third-order valence-corrected chi connectivity index (χ3v) is 4.59. The van der Waals surface area contributed by atoms with Crippen LogP contribution >= 0.6 is 0 Å². The lowest BCUT2D eigenvalue weighted by Gasteiger charge is -2.20. The molecule has 2 unspecified atom stereocenters. The molecule has 2 atom stereocenters. The average Bonchev–Trinajstić information content (AvgIpc) is 2.49. The summed E-state index contributed by atoms with van der Waals surface area (Å²) in [6.45, 7) is 12.3. The van der Waals surface area contributed by atoms with Crippen molar-refractivity contribution in [2.45, 2.75) is 98.7 Å². The van der Waals surface area contributed by atoms with Crippen molar-refractivity contribution < 1.29 is 19.1 Å². The molecule has 0 spiro atoms. The predicted octanol–water partition coefficient (Wildman–Crippen LogP) is 4.89. The Bertz CT molecular complexity index is 300. The first kappa shape index (κ1) is 21.9. The van der Waals surface area contributed by atoms with Crippen molar-refractivity contribution in [2.75, 3.05) is 0 Å². The third kappa shape index (κ3) is 10.4. The minimum atomic E-state index is -0.483. The van der Waals surface area contributed by atoms with Gasteiger partial charge >= 0.3 is 11.9 Å². The highest BCUT2D eigenvalue weighted by molar-refractivity contribution is 5.91. The van der Waals surface area contributed by atoms with Crippen LogP contribution in [0.4, 0.5) is 0 Å². The van der Waals surface area contributed by atoms with Gasteiger partial charge in [-0.05, 0) is 38.5 Å². The summed E-state index contributed by atoms with van der Waals surface area (Å²) in [7, 11) is 0. The summed E-state index contributed by atoms with van der Waals surface area (Å²) in [5, 5.41) is 0. The molecule has 0 amide bonds. The Morgan fingerprint density at radius 1 is 0.696 bits per heavy atom.